The van der Waals surface area contributed by atoms with Crippen molar-refractivity contribution in [2.75, 3.05) is 0 Å². The fraction of sp³-hybridized carbons (Fsp3) is 0.105. The first-order chi connectivity index (χ1) is 25.3. The van der Waals surface area contributed by atoms with E-state index in [1.54, 1.807) is 66.3 Å². The molecule has 0 aromatic carbocycles. The van der Waals surface area contributed by atoms with Crippen molar-refractivity contribution in [2.45, 2.75) is 26.4 Å². The maximum absolute atomic E-state index is 12.5. The Balaban J connectivity index is 0.000000198. The van der Waals surface area contributed by atoms with Gasteiger partial charge in [0.1, 0.15) is 11.4 Å². The van der Waals surface area contributed by atoms with Gasteiger partial charge >= 0.3 is 0 Å². The first kappa shape index (κ1) is 38.0. The van der Waals surface area contributed by atoms with Crippen molar-refractivity contribution in [2.24, 2.45) is 0 Å². The van der Waals surface area contributed by atoms with Crippen molar-refractivity contribution in [1.82, 2.24) is 55.3 Å². The molecule has 13 nitrogen and oxygen atoms in total. The van der Waals surface area contributed by atoms with E-state index < -0.39 is 0 Å². The molecule has 0 spiro atoms. The summed E-state index contributed by atoms with van der Waals surface area (Å²) in [5, 5.41) is 9.90. The third-order valence-corrected chi connectivity index (χ3v) is 7.65. The molecule has 15 heteroatoms. The van der Waals surface area contributed by atoms with Crippen molar-refractivity contribution in [1.29, 1.82) is 0 Å². The minimum atomic E-state index is -0.372. The number of hydrogen-bond acceptors (Lipinski definition) is 10. The number of halogens is 2. The molecule has 8 aromatic rings. The van der Waals surface area contributed by atoms with E-state index in [2.05, 4.69) is 66.6 Å². The van der Waals surface area contributed by atoms with E-state index >= 15 is 0 Å². The fourth-order valence-electron chi connectivity index (χ4n) is 4.79. The highest BCUT2D eigenvalue weighted by Crippen LogP contribution is 2.15. The predicted molar refractivity (Wildman–Crippen MR) is 209 cm³/mol. The Morgan fingerprint density at radius 2 is 1.19 bits per heavy atom. The second-order valence-electron chi connectivity index (χ2n) is 11.5. The summed E-state index contributed by atoms with van der Waals surface area (Å²) < 4.78 is 2.64. The first-order valence-electron chi connectivity index (χ1n) is 16.2. The molecule has 0 bridgehead atoms. The minimum absolute atomic E-state index is 0. The van der Waals surface area contributed by atoms with Gasteiger partial charge in [0.05, 0.1) is 51.2 Å². The average molecular weight is 791 g/mol. The lowest BCUT2D eigenvalue weighted by Crippen LogP contribution is -2.31. The average Bonchev–Trinajstić information content (AvgIpc) is 3.66. The molecule has 8 aromatic heterocycles. The van der Waals surface area contributed by atoms with Crippen LogP contribution in [0.15, 0.2) is 133 Å². The van der Waals surface area contributed by atoms with Gasteiger partial charge in [0.2, 0.25) is 0 Å². The summed E-state index contributed by atoms with van der Waals surface area (Å²) in [5.74, 6) is -0.687. The standard InChI is InChI=1S/C22H21N7O2.C8H5BrN2.C8H6N2.ClH/c1-14(2)27-22(31)19-6-3-5-18(28-19)21(30)25-10-15-11-26-29(13-15)16-9-20-17(24-12-16)7-4-8-23-20;9-6-4-8-7(11-5-6)2-1-3-10-8;1-3-7-8(9-5-1)4-2-6-10-7;/h3-9,11-14H,10H2,1-2H3,(H,25,30)(H,27,31);1-5H;1-6H;1H. The molecule has 0 aliphatic carbocycles. The van der Waals surface area contributed by atoms with Crippen LogP contribution >= 0.6 is 28.3 Å². The molecule has 2 amide bonds. The lowest BCUT2D eigenvalue weighted by molar-refractivity contribution is 0.0936. The van der Waals surface area contributed by atoms with Gasteiger partial charge in [-0.2, -0.15) is 5.10 Å². The van der Waals surface area contributed by atoms with E-state index in [1.807, 2.05) is 80.7 Å². The largest absolute Gasteiger partial charge is 0.349 e. The molecule has 0 saturated carbocycles. The van der Waals surface area contributed by atoms with Crippen LogP contribution in [0.2, 0.25) is 0 Å². The molecule has 0 fully saturated rings. The van der Waals surface area contributed by atoms with Crippen molar-refractivity contribution < 1.29 is 9.59 Å². The van der Waals surface area contributed by atoms with Crippen LogP contribution in [0.3, 0.4) is 0 Å². The Morgan fingerprint density at radius 3 is 1.79 bits per heavy atom. The van der Waals surface area contributed by atoms with Crippen LogP contribution in [0.4, 0.5) is 0 Å². The molecule has 0 saturated heterocycles. The van der Waals surface area contributed by atoms with Gasteiger partial charge in [-0.05, 0) is 103 Å². The van der Waals surface area contributed by atoms with E-state index in [0.717, 1.165) is 48.8 Å². The highest BCUT2D eigenvalue weighted by atomic mass is 79.9. The number of aromatic nitrogens is 9. The Hall–Kier alpha value is -6.25. The molecule has 0 atom stereocenters. The zero-order valence-electron chi connectivity index (χ0n) is 28.5. The second kappa shape index (κ2) is 18.3. The van der Waals surface area contributed by atoms with Crippen LogP contribution in [-0.4, -0.2) is 62.5 Å². The Bertz CT molecular complexity index is 2410. The van der Waals surface area contributed by atoms with Gasteiger partial charge in [-0.25, -0.2) is 9.67 Å². The highest BCUT2D eigenvalue weighted by Gasteiger charge is 2.13. The molecular weight excluding hydrogens is 758 g/mol. The normalized spacial score (nSPS) is 10.4. The fourth-order valence-corrected chi connectivity index (χ4v) is 5.11. The third-order valence-electron chi connectivity index (χ3n) is 7.21. The zero-order chi connectivity index (χ0) is 36.3. The van der Waals surface area contributed by atoms with Gasteiger partial charge in [-0.1, -0.05) is 6.07 Å². The lowest BCUT2D eigenvalue weighted by atomic mass is 10.2. The number of amides is 2. The maximum Gasteiger partial charge on any atom is 0.270 e. The summed E-state index contributed by atoms with van der Waals surface area (Å²) in [6.45, 7) is 3.99. The molecular formula is C38H33BrClN11O2. The second-order valence-corrected chi connectivity index (χ2v) is 12.4. The summed E-state index contributed by atoms with van der Waals surface area (Å²) in [7, 11) is 0. The van der Waals surface area contributed by atoms with Crippen LogP contribution in [0, 0.1) is 0 Å². The monoisotopic (exact) mass is 789 g/mol. The molecule has 2 N–H and O–H groups in total. The topological polar surface area (TPSA) is 166 Å². The number of nitrogens with one attached hydrogen (secondary N) is 2. The van der Waals surface area contributed by atoms with Crippen LogP contribution in [0.1, 0.15) is 40.4 Å². The highest BCUT2D eigenvalue weighted by molar-refractivity contribution is 9.10. The number of pyridine rings is 7. The number of fused-ring (bicyclic) bond motifs is 3. The Morgan fingerprint density at radius 1 is 0.660 bits per heavy atom. The van der Waals surface area contributed by atoms with Crippen LogP contribution in [0.25, 0.3) is 38.8 Å². The quantitative estimate of drug-likeness (QED) is 0.185. The molecule has 0 unspecified atom stereocenters. The van der Waals surface area contributed by atoms with Gasteiger partial charge in [-0.3, -0.25) is 39.5 Å². The van der Waals surface area contributed by atoms with E-state index in [9.17, 15) is 9.59 Å². The van der Waals surface area contributed by atoms with Gasteiger partial charge in [0, 0.05) is 59.8 Å². The van der Waals surface area contributed by atoms with Crippen molar-refractivity contribution in [3.8, 4) is 5.69 Å². The molecule has 0 radical (unpaired) electrons. The third kappa shape index (κ3) is 10.4. The van der Waals surface area contributed by atoms with Gasteiger partial charge in [-0.15, -0.1) is 12.4 Å². The van der Waals surface area contributed by atoms with Gasteiger partial charge in [0.15, 0.2) is 0 Å². The lowest BCUT2D eigenvalue weighted by Gasteiger charge is -2.08. The molecule has 0 aliphatic rings. The van der Waals surface area contributed by atoms with Crippen molar-refractivity contribution in [3.05, 3.63) is 150 Å². The van der Waals surface area contributed by atoms with Gasteiger partial charge in [0.25, 0.3) is 11.8 Å². The number of rotatable bonds is 6. The maximum atomic E-state index is 12.5. The number of nitrogens with zero attached hydrogens (tertiary/aromatic N) is 9. The molecule has 53 heavy (non-hydrogen) atoms. The summed E-state index contributed by atoms with van der Waals surface area (Å²) >= 11 is 3.33. The first-order valence-corrected chi connectivity index (χ1v) is 16.9. The predicted octanol–water partition coefficient (Wildman–Crippen LogP) is 6.72. The summed E-state index contributed by atoms with van der Waals surface area (Å²) in [6.07, 6.45) is 14.0. The number of hydrogen-bond donors (Lipinski definition) is 2. The van der Waals surface area contributed by atoms with Gasteiger partial charge < -0.3 is 10.6 Å². The molecule has 8 heterocycles. The van der Waals surface area contributed by atoms with Crippen LogP contribution in [-0.2, 0) is 6.54 Å². The van der Waals surface area contributed by atoms with E-state index in [0.29, 0.717) is 0 Å². The van der Waals surface area contributed by atoms with E-state index in [1.165, 1.54) is 0 Å². The van der Waals surface area contributed by atoms with Crippen LogP contribution in [0.5, 0.6) is 0 Å². The van der Waals surface area contributed by atoms with E-state index in [4.69, 9.17) is 0 Å². The molecule has 266 valence electrons. The van der Waals surface area contributed by atoms with Crippen molar-refractivity contribution >= 4 is 73.3 Å². The van der Waals surface area contributed by atoms with E-state index in [-0.39, 0.29) is 48.2 Å². The number of carbonyl (C=O) groups is 2. The molecule has 8 rings (SSSR count). The Labute approximate surface area is 318 Å². The molecule has 0 aliphatic heterocycles. The SMILES string of the molecule is Brc1cnc2cccnc2c1.CC(C)NC(=O)c1cccc(C(=O)NCc2cnn(-c3cnc4cccnc4c3)c2)n1.Cl.c1cnc2cccnc2c1. The minimum Gasteiger partial charge on any atom is -0.349 e. The summed E-state index contributed by atoms with van der Waals surface area (Å²) in [4.78, 5) is 54.0. The summed E-state index contributed by atoms with van der Waals surface area (Å²) in [5.41, 5.74) is 7.28. The number of carbonyl (C=O) groups excluding carboxylic acids is 2. The zero-order valence-corrected chi connectivity index (χ0v) is 30.9. The summed E-state index contributed by atoms with van der Waals surface area (Å²) in [6, 6.07) is 23.8. The Kier molecular flexibility index (Phi) is 13.1. The van der Waals surface area contributed by atoms with Crippen molar-refractivity contribution in [3.63, 3.8) is 0 Å². The van der Waals surface area contributed by atoms with Crippen LogP contribution < -0.4 is 10.6 Å². The smallest absolute Gasteiger partial charge is 0.270 e.